The van der Waals surface area contributed by atoms with Gasteiger partial charge in [0.25, 0.3) is 5.91 Å². The van der Waals surface area contributed by atoms with Gasteiger partial charge in [0, 0.05) is 38.2 Å². The summed E-state index contributed by atoms with van der Waals surface area (Å²) in [6, 6.07) is 11.6. The number of rotatable bonds is 7. The quantitative estimate of drug-likeness (QED) is 0.667. The molecule has 0 saturated heterocycles. The van der Waals surface area contributed by atoms with Crippen molar-refractivity contribution in [3.05, 3.63) is 70.5 Å². The molecule has 0 saturated carbocycles. The molecule has 1 heterocycles. The van der Waals surface area contributed by atoms with Crippen LogP contribution in [0, 0.1) is 5.82 Å². The van der Waals surface area contributed by atoms with Crippen LogP contribution in [0.1, 0.15) is 39.9 Å². The Balaban J connectivity index is 1.34. The van der Waals surface area contributed by atoms with Crippen molar-refractivity contribution < 1.29 is 14.0 Å². The summed E-state index contributed by atoms with van der Waals surface area (Å²) >= 11 is 0. The van der Waals surface area contributed by atoms with Crippen molar-refractivity contribution in [3.63, 3.8) is 0 Å². The molecule has 0 aliphatic carbocycles. The minimum absolute atomic E-state index is 0.0420. The Morgan fingerprint density at radius 1 is 1.00 bits per heavy atom. The van der Waals surface area contributed by atoms with Gasteiger partial charge in [0.05, 0.1) is 0 Å². The number of nitrogens with one attached hydrogen (secondary N) is 3. The van der Waals surface area contributed by atoms with Crippen LogP contribution in [0.5, 0.6) is 0 Å². The molecule has 3 rings (SSSR count). The lowest BCUT2D eigenvalue weighted by molar-refractivity contribution is -0.121. The van der Waals surface area contributed by atoms with Gasteiger partial charge in [-0.05, 0) is 47.4 Å². The second-order valence-electron chi connectivity index (χ2n) is 6.35. The number of carbonyl (C=O) groups is 2. The predicted octanol–water partition coefficient (Wildman–Crippen LogP) is 2.26. The molecular formula is C20H22FN3O2. The highest BCUT2D eigenvalue weighted by Crippen LogP contribution is 2.16. The van der Waals surface area contributed by atoms with Crippen molar-refractivity contribution in [2.45, 2.75) is 32.5 Å². The minimum Gasteiger partial charge on any atom is -0.352 e. The zero-order chi connectivity index (χ0) is 18.4. The average molecular weight is 355 g/mol. The largest absolute Gasteiger partial charge is 0.352 e. The first kappa shape index (κ1) is 18.1. The first-order valence-corrected chi connectivity index (χ1v) is 8.74. The molecule has 2 aromatic rings. The van der Waals surface area contributed by atoms with Crippen LogP contribution in [0.3, 0.4) is 0 Å². The van der Waals surface area contributed by atoms with Gasteiger partial charge in [0.15, 0.2) is 0 Å². The second kappa shape index (κ2) is 8.58. The molecule has 2 aromatic carbocycles. The summed E-state index contributed by atoms with van der Waals surface area (Å²) in [4.78, 5) is 23.8. The summed E-state index contributed by atoms with van der Waals surface area (Å²) in [5.74, 6) is -0.685. The van der Waals surface area contributed by atoms with Gasteiger partial charge in [-0.2, -0.15) is 0 Å². The SMILES string of the molecule is O=C(CCCNC(=O)c1ccc(F)cc1)NCc1ccc2c(c1)CNC2. The Morgan fingerprint density at radius 3 is 2.58 bits per heavy atom. The number of carbonyl (C=O) groups excluding carboxylic acids is 2. The maximum absolute atomic E-state index is 12.8. The molecule has 0 fully saturated rings. The van der Waals surface area contributed by atoms with Gasteiger partial charge in [-0.1, -0.05) is 18.2 Å². The van der Waals surface area contributed by atoms with Gasteiger partial charge in [0.1, 0.15) is 5.82 Å². The molecular weight excluding hydrogens is 333 g/mol. The van der Waals surface area contributed by atoms with Crippen LogP contribution in [-0.4, -0.2) is 18.4 Å². The van der Waals surface area contributed by atoms with E-state index in [4.69, 9.17) is 0 Å². The van der Waals surface area contributed by atoms with E-state index < -0.39 is 0 Å². The predicted molar refractivity (Wildman–Crippen MR) is 96.8 cm³/mol. The number of hydrogen-bond acceptors (Lipinski definition) is 3. The highest BCUT2D eigenvalue weighted by atomic mass is 19.1. The first-order valence-electron chi connectivity index (χ1n) is 8.74. The molecule has 5 nitrogen and oxygen atoms in total. The van der Waals surface area contributed by atoms with Crippen LogP contribution in [0.4, 0.5) is 4.39 Å². The molecule has 0 atom stereocenters. The van der Waals surface area contributed by atoms with E-state index in [1.165, 1.54) is 35.4 Å². The standard InChI is InChI=1S/C20H22FN3O2/c21-18-7-5-15(6-8-18)20(26)23-9-1-2-19(25)24-11-14-3-4-16-12-22-13-17(16)10-14/h3-8,10,22H,1-2,9,11-13H2,(H,23,26)(H,24,25). The highest BCUT2D eigenvalue weighted by molar-refractivity contribution is 5.94. The molecule has 3 N–H and O–H groups in total. The molecule has 0 radical (unpaired) electrons. The van der Waals surface area contributed by atoms with Crippen LogP contribution in [-0.2, 0) is 24.4 Å². The van der Waals surface area contributed by atoms with Crippen molar-refractivity contribution in [2.75, 3.05) is 6.54 Å². The average Bonchev–Trinajstić information content (AvgIpc) is 3.11. The van der Waals surface area contributed by atoms with E-state index in [1.807, 2.05) is 6.07 Å². The third-order valence-electron chi connectivity index (χ3n) is 4.36. The molecule has 136 valence electrons. The smallest absolute Gasteiger partial charge is 0.251 e. The Hall–Kier alpha value is -2.73. The van der Waals surface area contributed by atoms with Gasteiger partial charge >= 0.3 is 0 Å². The normalized spacial score (nSPS) is 12.5. The van der Waals surface area contributed by atoms with Crippen LogP contribution < -0.4 is 16.0 Å². The summed E-state index contributed by atoms with van der Waals surface area (Å²) in [6.45, 7) is 2.69. The Bertz CT molecular complexity index is 790. The van der Waals surface area contributed by atoms with Crippen molar-refractivity contribution in [1.82, 2.24) is 16.0 Å². The van der Waals surface area contributed by atoms with Crippen LogP contribution in [0.2, 0.25) is 0 Å². The first-order chi connectivity index (χ1) is 12.6. The molecule has 1 aliphatic heterocycles. The number of hydrogen-bond donors (Lipinski definition) is 3. The van der Waals surface area contributed by atoms with Gasteiger partial charge in [-0.25, -0.2) is 4.39 Å². The lowest BCUT2D eigenvalue weighted by Gasteiger charge is -2.08. The van der Waals surface area contributed by atoms with Crippen molar-refractivity contribution in [3.8, 4) is 0 Å². The Morgan fingerprint density at radius 2 is 1.77 bits per heavy atom. The van der Waals surface area contributed by atoms with Gasteiger partial charge < -0.3 is 16.0 Å². The summed E-state index contributed by atoms with van der Waals surface area (Å²) < 4.78 is 12.8. The van der Waals surface area contributed by atoms with E-state index in [9.17, 15) is 14.0 Å². The van der Waals surface area contributed by atoms with E-state index in [2.05, 4.69) is 28.1 Å². The third kappa shape index (κ3) is 4.89. The summed E-state index contributed by atoms with van der Waals surface area (Å²) in [5, 5.41) is 8.93. The highest BCUT2D eigenvalue weighted by Gasteiger charge is 2.10. The Kier molecular flexibility index (Phi) is 5.96. The fraction of sp³-hybridized carbons (Fsp3) is 0.300. The van der Waals surface area contributed by atoms with Crippen LogP contribution in [0.25, 0.3) is 0 Å². The fourth-order valence-corrected chi connectivity index (χ4v) is 2.90. The maximum atomic E-state index is 12.8. The monoisotopic (exact) mass is 355 g/mol. The van der Waals surface area contributed by atoms with Gasteiger partial charge in [-0.15, -0.1) is 0 Å². The van der Waals surface area contributed by atoms with E-state index in [1.54, 1.807) is 0 Å². The number of halogens is 1. The van der Waals surface area contributed by atoms with E-state index in [-0.39, 0.29) is 17.6 Å². The minimum atomic E-state index is -0.377. The summed E-state index contributed by atoms with van der Waals surface area (Å²) in [5.41, 5.74) is 4.10. The third-order valence-corrected chi connectivity index (χ3v) is 4.36. The molecule has 1 aliphatic rings. The van der Waals surface area contributed by atoms with Crippen LogP contribution in [0.15, 0.2) is 42.5 Å². The van der Waals surface area contributed by atoms with E-state index in [0.717, 1.165) is 18.7 Å². The molecule has 26 heavy (non-hydrogen) atoms. The topological polar surface area (TPSA) is 70.2 Å². The van der Waals surface area contributed by atoms with Gasteiger partial charge in [0.2, 0.25) is 5.91 Å². The lowest BCUT2D eigenvalue weighted by atomic mass is 10.1. The molecule has 0 unspecified atom stereocenters. The number of amides is 2. The maximum Gasteiger partial charge on any atom is 0.251 e. The summed E-state index contributed by atoms with van der Waals surface area (Å²) in [7, 11) is 0. The second-order valence-corrected chi connectivity index (χ2v) is 6.35. The van der Waals surface area contributed by atoms with E-state index >= 15 is 0 Å². The van der Waals surface area contributed by atoms with Gasteiger partial charge in [-0.3, -0.25) is 9.59 Å². The molecule has 2 amide bonds. The van der Waals surface area contributed by atoms with Crippen molar-refractivity contribution in [1.29, 1.82) is 0 Å². The molecule has 0 spiro atoms. The van der Waals surface area contributed by atoms with E-state index in [0.29, 0.717) is 31.5 Å². The fourth-order valence-electron chi connectivity index (χ4n) is 2.90. The number of fused-ring (bicyclic) bond motifs is 1. The molecule has 0 aromatic heterocycles. The Labute approximate surface area is 152 Å². The molecule has 6 heteroatoms. The van der Waals surface area contributed by atoms with Crippen molar-refractivity contribution in [2.24, 2.45) is 0 Å². The van der Waals surface area contributed by atoms with Crippen LogP contribution >= 0.6 is 0 Å². The zero-order valence-corrected chi connectivity index (χ0v) is 14.5. The number of benzene rings is 2. The lowest BCUT2D eigenvalue weighted by Crippen LogP contribution is -2.27. The zero-order valence-electron chi connectivity index (χ0n) is 14.5. The molecule has 0 bridgehead atoms. The summed E-state index contributed by atoms with van der Waals surface area (Å²) in [6.07, 6.45) is 0.892. The van der Waals surface area contributed by atoms with Crippen molar-refractivity contribution >= 4 is 11.8 Å².